The zero-order valence-electron chi connectivity index (χ0n) is 8.89. The van der Waals surface area contributed by atoms with Crippen molar-refractivity contribution in [3.05, 3.63) is 11.7 Å². The Morgan fingerprint density at radius 1 is 1.50 bits per heavy atom. The zero-order chi connectivity index (χ0) is 10.7. The average Bonchev–Trinajstić information content (AvgIpc) is 2.26. The van der Waals surface area contributed by atoms with Gasteiger partial charge in [-0.05, 0) is 13.0 Å². The van der Waals surface area contributed by atoms with Crippen molar-refractivity contribution in [2.24, 2.45) is 5.92 Å². The zero-order valence-corrected chi connectivity index (χ0v) is 8.89. The van der Waals surface area contributed by atoms with Crippen molar-refractivity contribution in [1.82, 2.24) is 4.90 Å². The van der Waals surface area contributed by atoms with Gasteiger partial charge in [0.1, 0.15) is 0 Å². The summed E-state index contributed by atoms with van der Waals surface area (Å²) in [5, 5.41) is 0. The molecule has 0 bridgehead atoms. The standard InChI is InChI=1S/C10H17F2NO/c1-7(2)9-6-14-5-8(10(11)12)4-13(9)3/h7,9H,4-6H2,1-3H3. The summed E-state index contributed by atoms with van der Waals surface area (Å²) in [6.07, 6.45) is -1.60. The molecule has 0 radical (unpaired) electrons. The van der Waals surface area contributed by atoms with Gasteiger partial charge in [0.25, 0.3) is 6.08 Å². The van der Waals surface area contributed by atoms with Gasteiger partial charge in [-0.15, -0.1) is 0 Å². The molecular formula is C10H17F2NO. The normalized spacial score (nSPS) is 25.3. The molecule has 1 heterocycles. The Morgan fingerprint density at radius 3 is 2.64 bits per heavy atom. The van der Waals surface area contributed by atoms with E-state index in [2.05, 4.69) is 13.8 Å². The van der Waals surface area contributed by atoms with E-state index in [0.717, 1.165) is 0 Å². The molecule has 82 valence electrons. The third kappa shape index (κ3) is 2.75. The van der Waals surface area contributed by atoms with Crippen molar-refractivity contribution < 1.29 is 13.5 Å². The molecule has 0 amide bonds. The van der Waals surface area contributed by atoms with Crippen molar-refractivity contribution >= 4 is 0 Å². The molecule has 2 nitrogen and oxygen atoms in total. The lowest BCUT2D eigenvalue weighted by Crippen LogP contribution is -2.38. The van der Waals surface area contributed by atoms with Gasteiger partial charge in [-0.25, -0.2) is 0 Å². The fourth-order valence-electron chi connectivity index (χ4n) is 1.71. The number of ether oxygens (including phenoxy) is 1. The number of nitrogens with zero attached hydrogens (tertiary/aromatic N) is 1. The first-order chi connectivity index (χ1) is 6.52. The molecule has 1 rings (SSSR count). The summed E-state index contributed by atoms with van der Waals surface area (Å²) < 4.78 is 30.0. The molecule has 0 aromatic heterocycles. The minimum Gasteiger partial charge on any atom is -0.375 e. The summed E-state index contributed by atoms with van der Waals surface area (Å²) in [7, 11) is 1.86. The molecule has 0 aromatic rings. The Bertz CT molecular complexity index is 224. The summed E-state index contributed by atoms with van der Waals surface area (Å²) in [4.78, 5) is 1.94. The van der Waals surface area contributed by atoms with Gasteiger partial charge in [0.05, 0.1) is 13.2 Å². The van der Waals surface area contributed by atoms with Crippen LogP contribution in [0.15, 0.2) is 11.7 Å². The molecule has 1 unspecified atom stereocenters. The molecular weight excluding hydrogens is 188 g/mol. The van der Waals surface area contributed by atoms with Crippen LogP contribution in [0.5, 0.6) is 0 Å². The van der Waals surface area contributed by atoms with Crippen molar-refractivity contribution in [1.29, 1.82) is 0 Å². The minimum absolute atomic E-state index is 0.0654. The molecule has 1 saturated heterocycles. The van der Waals surface area contributed by atoms with Crippen molar-refractivity contribution in [2.75, 3.05) is 26.8 Å². The Morgan fingerprint density at radius 2 is 2.14 bits per heavy atom. The van der Waals surface area contributed by atoms with Gasteiger partial charge in [0.2, 0.25) is 0 Å². The number of hydrogen-bond donors (Lipinski definition) is 0. The van der Waals surface area contributed by atoms with E-state index in [-0.39, 0.29) is 18.2 Å². The third-order valence-corrected chi connectivity index (χ3v) is 2.61. The topological polar surface area (TPSA) is 12.5 Å². The van der Waals surface area contributed by atoms with Crippen LogP contribution in [0.25, 0.3) is 0 Å². The first-order valence-electron chi connectivity index (χ1n) is 4.83. The van der Waals surface area contributed by atoms with E-state index in [1.807, 2.05) is 11.9 Å². The van der Waals surface area contributed by atoms with E-state index in [9.17, 15) is 8.78 Å². The van der Waals surface area contributed by atoms with E-state index >= 15 is 0 Å². The Balaban J connectivity index is 2.71. The largest absolute Gasteiger partial charge is 0.375 e. The van der Waals surface area contributed by atoms with E-state index in [1.165, 1.54) is 0 Å². The first-order valence-corrected chi connectivity index (χ1v) is 4.83. The lowest BCUT2D eigenvalue weighted by Gasteiger charge is -2.28. The Kier molecular flexibility index (Phi) is 4.01. The summed E-state index contributed by atoms with van der Waals surface area (Å²) in [6.45, 7) is 5.06. The fraction of sp³-hybridized carbons (Fsp3) is 0.800. The molecule has 1 aliphatic rings. The van der Waals surface area contributed by atoms with Gasteiger partial charge in [0, 0.05) is 18.2 Å². The van der Waals surface area contributed by atoms with Crippen LogP contribution in [-0.4, -0.2) is 37.7 Å². The highest BCUT2D eigenvalue weighted by molar-refractivity contribution is 5.07. The van der Waals surface area contributed by atoms with Crippen LogP contribution < -0.4 is 0 Å². The fourth-order valence-corrected chi connectivity index (χ4v) is 1.71. The van der Waals surface area contributed by atoms with E-state index < -0.39 is 6.08 Å². The van der Waals surface area contributed by atoms with Crippen LogP contribution in [0.3, 0.4) is 0 Å². The smallest absolute Gasteiger partial charge is 0.273 e. The third-order valence-electron chi connectivity index (χ3n) is 2.61. The maximum absolute atomic E-state index is 12.4. The maximum Gasteiger partial charge on any atom is 0.273 e. The predicted molar refractivity (Wildman–Crippen MR) is 51.3 cm³/mol. The SMILES string of the molecule is CC(C)C1COCC(=C(F)F)CN1C. The predicted octanol–water partition coefficient (Wildman–Crippen LogP) is 2.12. The number of likely N-dealkylation sites (N-methyl/N-ethyl adjacent to an activating group) is 1. The highest BCUT2D eigenvalue weighted by Gasteiger charge is 2.24. The van der Waals surface area contributed by atoms with Crippen LogP contribution >= 0.6 is 0 Å². The summed E-state index contributed by atoms with van der Waals surface area (Å²) in [5.41, 5.74) is 0.107. The van der Waals surface area contributed by atoms with Crippen LogP contribution in [0.1, 0.15) is 13.8 Å². The molecule has 1 aliphatic heterocycles. The van der Waals surface area contributed by atoms with Crippen LogP contribution in [0, 0.1) is 5.92 Å². The van der Waals surface area contributed by atoms with Crippen molar-refractivity contribution in [2.45, 2.75) is 19.9 Å². The second kappa shape index (κ2) is 4.84. The molecule has 0 aliphatic carbocycles. The Labute approximate surface area is 83.5 Å². The van der Waals surface area contributed by atoms with E-state index in [4.69, 9.17) is 4.74 Å². The van der Waals surface area contributed by atoms with E-state index in [0.29, 0.717) is 19.1 Å². The molecule has 4 heteroatoms. The second-order valence-electron chi connectivity index (χ2n) is 4.11. The first kappa shape index (κ1) is 11.6. The highest BCUT2D eigenvalue weighted by Crippen LogP contribution is 2.18. The summed E-state index contributed by atoms with van der Waals surface area (Å²) in [6, 6.07) is 0.229. The summed E-state index contributed by atoms with van der Waals surface area (Å²) in [5.74, 6) is 0.419. The van der Waals surface area contributed by atoms with Gasteiger partial charge in [0.15, 0.2) is 0 Å². The quantitative estimate of drug-likeness (QED) is 0.650. The van der Waals surface area contributed by atoms with Gasteiger partial charge in [-0.2, -0.15) is 8.78 Å². The minimum atomic E-state index is -1.60. The van der Waals surface area contributed by atoms with Gasteiger partial charge < -0.3 is 4.74 Å². The molecule has 0 spiro atoms. The lowest BCUT2D eigenvalue weighted by molar-refractivity contribution is 0.0909. The Hall–Kier alpha value is -0.480. The molecule has 0 saturated carbocycles. The summed E-state index contributed by atoms with van der Waals surface area (Å²) >= 11 is 0. The van der Waals surface area contributed by atoms with Crippen LogP contribution in [-0.2, 0) is 4.74 Å². The van der Waals surface area contributed by atoms with Crippen LogP contribution in [0.2, 0.25) is 0 Å². The van der Waals surface area contributed by atoms with Gasteiger partial charge in [-0.1, -0.05) is 13.8 Å². The number of rotatable bonds is 1. The van der Waals surface area contributed by atoms with E-state index in [1.54, 1.807) is 0 Å². The average molecular weight is 205 g/mol. The molecule has 0 N–H and O–H groups in total. The number of hydrogen-bond acceptors (Lipinski definition) is 2. The molecule has 14 heavy (non-hydrogen) atoms. The van der Waals surface area contributed by atoms with Gasteiger partial charge in [-0.3, -0.25) is 4.90 Å². The molecule has 1 fully saturated rings. The highest BCUT2D eigenvalue weighted by atomic mass is 19.3. The van der Waals surface area contributed by atoms with Crippen molar-refractivity contribution in [3.8, 4) is 0 Å². The van der Waals surface area contributed by atoms with Crippen molar-refractivity contribution in [3.63, 3.8) is 0 Å². The molecule has 0 aromatic carbocycles. The molecule has 1 atom stereocenters. The monoisotopic (exact) mass is 205 g/mol. The maximum atomic E-state index is 12.4. The second-order valence-corrected chi connectivity index (χ2v) is 4.11. The number of halogens is 2. The van der Waals surface area contributed by atoms with Gasteiger partial charge >= 0.3 is 0 Å². The lowest BCUT2D eigenvalue weighted by atomic mass is 10.0. The van der Waals surface area contributed by atoms with Crippen LogP contribution in [0.4, 0.5) is 8.78 Å².